The molecule has 0 radical (unpaired) electrons. The minimum absolute atomic E-state index is 0.0460. The van der Waals surface area contributed by atoms with Gasteiger partial charge in [0.15, 0.2) is 6.61 Å². The van der Waals surface area contributed by atoms with E-state index in [1.54, 1.807) is 13.8 Å². The minimum atomic E-state index is -0.380. The van der Waals surface area contributed by atoms with Gasteiger partial charge in [0.25, 0.3) is 5.91 Å². The summed E-state index contributed by atoms with van der Waals surface area (Å²) in [6.45, 7) is 9.68. The van der Waals surface area contributed by atoms with Crippen LogP contribution in [0.25, 0.3) is 0 Å². The largest absolute Gasteiger partial charge is 0.483 e. The van der Waals surface area contributed by atoms with Crippen molar-refractivity contribution in [1.82, 2.24) is 5.43 Å². The lowest BCUT2D eigenvalue weighted by Gasteiger charge is -2.14. The molecule has 6 heteroatoms. The Morgan fingerprint density at radius 3 is 2.62 bits per heavy atom. The molecule has 132 valence electrons. The zero-order valence-corrected chi connectivity index (χ0v) is 15.0. The smallest absolute Gasteiger partial charge is 0.311 e. The monoisotopic (exact) mass is 334 g/mol. The van der Waals surface area contributed by atoms with Gasteiger partial charge in [-0.2, -0.15) is 5.10 Å². The Kier molecular flexibility index (Phi) is 7.95. The molecule has 24 heavy (non-hydrogen) atoms. The van der Waals surface area contributed by atoms with Gasteiger partial charge in [0.2, 0.25) is 0 Å². The number of amides is 1. The lowest BCUT2D eigenvalue weighted by atomic mass is 10.0. The van der Waals surface area contributed by atoms with Crippen molar-refractivity contribution in [2.75, 3.05) is 13.2 Å². The van der Waals surface area contributed by atoms with Crippen LogP contribution in [0.15, 0.2) is 23.3 Å². The van der Waals surface area contributed by atoms with E-state index in [1.807, 2.05) is 25.1 Å². The summed E-state index contributed by atoms with van der Waals surface area (Å²) in [5.41, 5.74) is 4.97. The number of esters is 1. The highest BCUT2D eigenvalue weighted by Crippen LogP contribution is 2.27. The number of carbonyl (C=O) groups excluding carboxylic acids is 2. The second kappa shape index (κ2) is 9.70. The summed E-state index contributed by atoms with van der Waals surface area (Å²) in [7, 11) is 0. The summed E-state index contributed by atoms with van der Waals surface area (Å²) in [5.74, 6) is 0.251. The van der Waals surface area contributed by atoms with Gasteiger partial charge < -0.3 is 9.47 Å². The van der Waals surface area contributed by atoms with Gasteiger partial charge >= 0.3 is 5.97 Å². The summed E-state index contributed by atoms with van der Waals surface area (Å²) in [6, 6.07) is 5.94. The number of aryl methyl sites for hydroxylation is 1. The third-order valence-electron chi connectivity index (χ3n) is 3.23. The maximum atomic E-state index is 11.8. The molecule has 0 atom stereocenters. The van der Waals surface area contributed by atoms with Crippen molar-refractivity contribution in [2.45, 2.75) is 47.0 Å². The number of benzene rings is 1. The molecule has 0 aliphatic carbocycles. The number of rotatable bonds is 8. The molecular formula is C18H26N2O4. The summed E-state index contributed by atoms with van der Waals surface area (Å²) in [6.07, 6.45) is 0.0460. The number of nitrogens with zero attached hydrogens (tertiary/aromatic N) is 1. The fraction of sp³-hybridized carbons (Fsp3) is 0.500. The zero-order chi connectivity index (χ0) is 18.1. The van der Waals surface area contributed by atoms with Crippen LogP contribution in [-0.2, 0) is 14.3 Å². The molecule has 0 unspecified atom stereocenters. The molecule has 6 nitrogen and oxygen atoms in total. The van der Waals surface area contributed by atoms with E-state index in [2.05, 4.69) is 24.4 Å². The van der Waals surface area contributed by atoms with Crippen molar-refractivity contribution in [2.24, 2.45) is 5.10 Å². The number of nitrogens with one attached hydrogen (secondary N) is 1. The molecule has 0 fully saturated rings. The van der Waals surface area contributed by atoms with Crippen molar-refractivity contribution < 1.29 is 19.1 Å². The van der Waals surface area contributed by atoms with Crippen LogP contribution < -0.4 is 10.2 Å². The quantitative estimate of drug-likeness (QED) is 0.450. The molecule has 1 rings (SSSR count). The fourth-order valence-electron chi connectivity index (χ4n) is 2.04. The van der Waals surface area contributed by atoms with E-state index in [4.69, 9.17) is 9.47 Å². The molecule has 0 heterocycles. The lowest BCUT2D eigenvalue weighted by molar-refractivity contribution is -0.141. The molecule has 0 saturated heterocycles. The zero-order valence-electron chi connectivity index (χ0n) is 15.0. The van der Waals surface area contributed by atoms with Crippen LogP contribution in [0, 0.1) is 6.92 Å². The third kappa shape index (κ3) is 6.81. The normalized spacial score (nSPS) is 11.3. The molecule has 1 aromatic carbocycles. The van der Waals surface area contributed by atoms with Gasteiger partial charge in [0, 0.05) is 5.71 Å². The van der Waals surface area contributed by atoms with Crippen LogP contribution in [-0.4, -0.2) is 30.8 Å². The molecular weight excluding hydrogens is 308 g/mol. The number of hydrogen-bond donors (Lipinski definition) is 1. The molecule has 0 aliphatic rings. The molecule has 0 saturated carbocycles. The molecule has 1 N–H and O–H groups in total. The lowest BCUT2D eigenvalue weighted by Crippen LogP contribution is -2.26. The van der Waals surface area contributed by atoms with Gasteiger partial charge in [-0.25, -0.2) is 5.43 Å². The Balaban J connectivity index is 2.55. The van der Waals surface area contributed by atoms with Crippen LogP contribution in [0.3, 0.4) is 0 Å². The minimum Gasteiger partial charge on any atom is -0.483 e. The Morgan fingerprint density at radius 2 is 2.00 bits per heavy atom. The highest BCUT2D eigenvalue weighted by atomic mass is 16.5. The summed E-state index contributed by atoms with van der Waals surface area (Å²) >= 11 is 0. The first kappa shape index (κ1) is 19.7. The summed E-state index contributed by atoms with van der Waals surface area (Å²) < 4.78 is 10.4. The second-order valence-corrected chi connectivity index (χ2v) is 5.85. The maximum absolute atomic E-state index is 11.8. The molecule has 0 bridgehead atoms. The van der Waals surface area contributed by atoms with Crippen molar-refractivity contribution in [1.29, 1.82) is 0 Å². The van der Waals surface area contributed by atoms with E-state index in [0.29, 0.717) is 24.0 Å². The van der Waals surface area contributed by atoms with Crippen LogP contribution in [0.2, 0.25) is 0 Å². The SMILES string of the molecule is CCOC(=O)C/C(C)=N/NC(=O)COc1cc(C)ccc1C(C)C. The first-order valence-electron chi connectivity index (χ1n) is 8.04. The van der Waals surface area contributed by atoms with Crippen LogP contribution in [0.1, 0.15) is 51.2 Å². The highest BCUT2D eigenvalue weighted by molar-refractivity contribution is 5.98. The summed E-state index contributed by atoms with van der Waals surface area (Å²) in [4.78, 5) is 23.1. The Bertz CT molecular complexity index is 609. The number of ether oxygens (including phenoxy) is 2. The molecule has 0 spiro atoms. The predicted octanol–water partition coefficient (Wildman–Crippen LogP) is 2.94. The van der Waals surface area contributed by atoms with E-state index in [-0.39, 0.29) is 24.9 Å². The van der Waals surface area contributed by atoms with E-state index >= 15 is 0 Å². The average Bonchev–Trinajstić information content (AvgIpc) is 2.50. The van der Waals surface area contributed by atoms with E-state index in [0.717, 1.165) is 11.1 Å². The van der Waals surface area contributed by atoms with Crippen molar-refractivity contribution >= 4 is 17.6 Å². The topological polar surface area (TPSA) is 77.0 Å². The van der Waals surface area contributed by atoms with Crippen molar-refractivity contribution in [3.8, 4) is 5.75 Å². The Hall–Kier alpha value is -2.37. The molecule has 0 aromatic heterocycles. The van der Waals surface area contributed by atoms with Gasteiger partial charge in [-0.3, -0.25) is 9.59 Å². The Labute approximate surface area is 143 Å². The molecule has 0 aliphatic heterocycles. The van der Waals surface area contributed by atoms with E-state index in [9.17, 15) is 9.59 Å². The molecule has 1 amide bonds. The molecule has 1 aromatic rings. The van der Waals surface area contributed by atoms with Gasteiger partial charge in [0.1, 0.15) is 5.75 Å². The van der Waals surface area contributed by atoms with E-state index < -0.39 is 0 Å². The van der Waals surface area contributed by atoms with Crippen molar-refractivity contribution in [3.63, 3.8) is 0 Å². The van der Waals surface area contributed by atoms with Gasteiger partial charge in [-0.05, 0) is 43.9 Å². The number of hydrazone groups is 1. The van der Waals surface area contributed by atoms with Gasteiger partial charge in [-0.15, -0.1) is 0 Å². The van der Waals surface area contributed by atoms with Crippen LogP contribution in [0.5, 0.6) is 5.75 Å². The second-order valence-electron chi connectivity index (χ2n) is 5.85. The van der Waals surface area contributed by atoms with E-state index in [1.165, 1.54) is 0 Å². The third-order valence-corrected chi connectivity index (χ3v) is 3.23. The van der Waals surface area contributed by atoms with Crippen LogP contribution in [0.4, 0.5) is 0 Å². The standard InChI is InChI=1S/C18H26N2O4/c1-6-23-18(22)10-14(5)19-20-17(21)11-24-16-9-13(4)7-8-15(16)12(2)3/h7-9,12H,6,10-11H2,1-5H3,(H,20,21)/b19-14+. The number of hydrogen-bond acceptors (Lipinski definition) is 5. The Morgan fingerprint density at radius 1 is 1.29 bits per heavy atom. The predicted molar refractivity (Wildman–Crippen MR) is 93.3 cm³/mol. The fourth-order valence-corrected chi connectivity index (χ4v) is 2.04. The summed E-state index contributed by atoms with van der Waals surface area (Å²) in [5, 5.41) is 3.87. The average molecular weight is 334 g/mol. The van der Waals surface area contributed by atoms with Gasteiger partial charge in [-0.1, -0.05) is 26.0 Å². The maximum Gasteiger partial charge on any atom is 0.311 e. The van der Waals surface area contributed by atoms with Crippen LogP contribution >= 0.6 is 0 Å². The highest BCUT2D eigenvalue weighted by Gasteiger charge is 2.10. The van der Waals surface area contributed by atoms with Gasteiger partial charge in [0.05, 0.1) is 13.0 Å². The first-order chi connectivity index (χ1) is 11.3. The number of carbonyl (C=O) groups is 2. The van der Waals surface area contributed by atoms with Crippen molar-refractivity contribution in [3.05, 3.63) is 29.3 Å². The first-order valence-corrected chi connectivity index (χ1v) is 8.04.